The normalized spacial score (nSPS) is 26.5. The molecule has 0 saturated heterocycles. The first-order chi connectivity index (χ1) is 4.55. The Morgan fingerprint density at radius 2 is 1.70 bits per heavy atom. The van der Waals surface area contributed by atoms with Gasteiger partial charge in [-0.15, -0.1) is 0 Å². The van der Waals surface area contributed by atoms with Crippen molar-refractivity contribution >= 4 is 11.6 Å². The van der Waals surface area contributed by atoms with Gasteiger partial charge in [-0.3, -0.25) is 9.59 Å². The fourth-order valence-electron chi connectivity index (χ4n) is 1.08. The fourth-order valence-corrected chi connectivity index (χ4v) is 1.08. The van der Waals surface area contributed by atoms with Crippen LogP contribution in [0.25, 0.3) is 0 Å². The minimum atomic E-state index is -0.301. The summed E-state index contributed by atoms with van der Waals surface area (Å²) in [5, 5.41) is 0. The van der Waals surface area contributed by atoms with Crippen molar-refractivity contribution < 1.29 is 9.59 Å². The number of Topliss-reactive ketones (excluding diaryl/α,β-unsaturated/α-hetero) is 2. The molecule has 0 aromatic rings. The average molecular weight is 138 g/mol. The monoisotopic (exact) mass is 138 g/mol. The molecule has 0 aliphatic heterocycles. The fraction of sp³-hybridized carbons (Fsp3) is 0.500. The molecule has 0 fully saturated rings. The van der Waals surface area contributed by atoms with Crippen molar-refractivity contribution in [3.05, 3.63) is 11.1 Å². The maximum absolute atomic E-state index is 10.9. The average Bonchev–Trinajstić information content (AvgIpc) is 2.07. The quantitative estimate of drug-likeness (QED) is 0.470. The highest BCUT2D eigenvalue weighted by Crippen LogP contribution is 2.24. The first-order valence-electron chi connectivity index (χ1n) is 3.31. The van der Waals surface area contributed by atoms with E-state index in [1.165, 1.54) is 0 Å². The lowest BCUT2D eigenvalue weighted by atomic mass is 10.0. The lowest BCUT2D eigenvalue weighted by molar-refractivity contribution is -0.134. The Hall–Kier alpha value is -0.920. The third kappa shape index (κ3) is 0.719. The van der Waals surface area contributed by atoms with Crippen molar-refractivity contribution in [1.29, 1.82) is 0 Å². The second-order valence-corrected chi connectivity index (χ2v) is 2.72. The zero-order valence-electron chi connectivity index (χ0n) is 6.39. The molecule has 0 aromatic carbocycles. The van der Waals surface area contributed by atoms with E-state index in [4.69, 9.17) is 0 Å². The highest BCUT2D eigenvalue weighted by atomic mass is 16.2. The van der Waals surface area contributed by atoms with Gasteiger partial charge in [0.15, 0.2) is 0 Å². The third-order valence-corrected chi connectivity index (χ3v) is 2.20. The second kappa shape index (κ2) is 2.04. The highest BCUT2D eigenvalue weighted by Gasteiger charge is 2.32. The van der Waals surface area contributed by atoms with Crippen LogP contribution in [0.15, 0.2) is 11.1 Å². The van der Waals surface area contributed by atoms with Crippen LogP contribution in [0.2, 0.25) is 0 Å². The molecule has 0 saturated carbocycles. The van der Waals surface area contributed by atoms with Gasteiger partial charge in [0, 0.05) is 5.92 Å². The van der Waals surface area contributed by atoms with Crippen molar-refractivity contribution in [3.8, 4) is 0 Å². The van der Waals surface area contributed by atoms with Gasteiger partial charge in [0.2, 0.25) is 11.6 Å². The van der Waals surface area contributed by atoms with Crippen LogP contribution < -0.4 is 0 Å². The van der Waals surface area contributed by atoms with Crippen LogP contribution in [0.5, 0.6) is 0 Å². The number of ketones is 2. The van der Waals surface area contributed by atoms with Gasteiger partial charge in [-0.1, -0.05) is 12.5 Å². The molecular weight excluding hydrogens is 128 g/mol. The SMILES string of the molecule is CC1=C(C)C(C)C(=O)C1=O. The second-order valence-electron chi connectivity index (χ2n) is 2.72. The van der Waals surface area contributed by atoms with Crippen LogP contribution in [0.1, 0.15) is 20.8 Å². The molecule has 0 bridgehead atoms. The first-order valence-corrected chi connectivity index (χ1v) is 3.31. The number of hydrogen-bond donors (Lipinski definition) is 0. The Bertz CT molecular complexity index is 236. The minimum Gasteiger partial charge on any atom is -0.290 e. The molecular formula is C8H10O2. The van der Waals surface area contributed by atoms with E-state index in [1.807, 2.05) is 6.92 Å². The third-order valence-electron chi connectivity index (χ3n) is 2.20. The van der Waals surface area contributed by atoms with E-state index in [1.54, 1.807) is 13.8 Å². The molecule has 0 spiro atoms. The van der Waals surface area contributed by atoms with E-state index < -0.39 is 0 Å². The van der Waals surface area contributed by atoms with E-state index in [-0.39, 0.29) is 17.5 Å². The summed E-state index contributed by atoms with van der Waals surface area (Å²) in [5.41, 5.74) is 1.56. The summed E-state index contributed by atoms with van der Waals surface area (Å²) < 4.78 is 0. The standard InChI is InChI=1S/C8H10O2/c1-4-5(2)7(9)8(10)6(4)3/h5H,1-3H3. The molecule has 0 amide bonds. The molecule has 1 unspecified atom stereocenters. The van der Waals surface area contributed by atoms with Crippen LogP contribution in [-0.2, 0) is 9.59 Å². The molecule has 2 nitrogen and oxygen atoms in total. The van der Waals surface area contributed by atoms with Crippen molar-refractivity contribution in [1.82, 2.24) is 0 Å². The van der Waals surface area contributed by atoms with Crippen LogP contribution in [0.3, 0.4) is 0 Å². The highest BCUT2D eigenvalue weighted by molar-refractivity contribution is 6.47. The van der Waals surface area contributed by atoms with E-state index >= 15 is 0 Å². The van der Waals surface area contributed by atoms with E-state index in [9.17, 15) is 9.59 Å². The Balaban J connectivity index is 3.11. The summed E-state index contributed by atoms with van der Waals surface area (Å²) in [4.78, 5) is 21.9. The van der Waals surface area contributed by atoms with Gasteiger partial charge >= 0.3 is 0 Å². The van der Waals surface area contributed by atoms with E-state index in [2.05, 4.69) is 0 Å². The van der Waals surface area contributed by atoms with Gasteiger partial charge in [0.05, 0.1) is 0 Å². The maximum atomic E-state index is 10.9. The Kier molecular flexibility index (Phi) is 1.47. The predicted molar refractivity (Wildman–Crippen MR) is 37.6 cm³/mol. The number of allylic oxidation sites excluding steroid dienone is 2. The molecule has 10 heavy (non-hydrogen) atoms. The van der Waals surface area contributed by atoms with Crippen molar-refractivity contribution in [2.75, 3.05) is 0 Å². The Morgan fingerprint density at radius 1 is 1.20 bits per heavy atom. The van der Waals surface area contributed by atoms with Crippen LogP contribution in [0, 0.1) is 5.92 Å². The summed E-state index contributed by atoms with van der Waals surface area (Å²) in [6, 6.07) is 0. The summed E-state index contributed by atoms with van der Waals surface area (Å²) in [6.45, 7) is 5.31. The minimum absolute atomic E-state index is 0.174. The lowest BCUT2D eigenvalue weighted by Crippen LogP contribution is -2.13. The summed E-state index contributed by atoms with van der Waals surface area (Å²) >= 11 is 0. The van der Waals surface area contributed by atoms with Crippen molar-refractivity contribution in [3.63, 3.8) is 0 Å². The van der Waals surface area contributed by atoms with Crippen molar-refractivity contribution in [2.24, 2.45) is 5.92 Å². The number of hydrogen-bond acceptors (Lipinski definition) is 2. The number of carbonyl (C=O) groups excluding carboxylic acids is 2. The van der Waals surface area contributed by atoms with Crippen LogP contribution in [0.4, 0.5) is 0 Å². The molecule has 2 heteroatoms. The molecule has 1 aliphatic carbocycles. The van der Waals surface area contributed by atoms with Crippen LogP contribution >= 0.6 is 0 Å². The van der Waals surface area contributed by atoms with Gasteiger partial charge in [-0.05, 0) is 19.4 Å². The molecule has 1 aliphatic rings. The maximum Gasteiger partial charge on any atom is 0.224 e. The largest absolute Gasteiger partial charge is 0.290 e. The number of rotatable bonds is 0. The van der Waals surface area contributed by atoms with Gasteiger partial charge in [0.25, 0.3) is 0 Å². The topological polar surface area (TPSA) is 34.1 Å². The predicted octanol–water partition coefficient (Wildman–Crippen LogP) is 1.11. The van der Waals surface area contributed by atoms with Gasteiger partial charge < -0.3 is 0 Å². The Labute approximate surface area is 59.9 Å². The molecule has 0 radical (unpaired) electrons. The van der Waals surface area contributed by atoms with Gasteiger partial charge in [-0.25, -0.2) is 0 Å². The lowest BCUT2D eigenvalue weighted by Gasteiger charge is -1.97. The summed E-state index contributed by atoms with van der Waals surface area (Å²) in [7, 11) is 0. The van der Waals surface area contributed by atoms with Crippen LogP contribution in [-0.4, -0.2) is 11.6 Å². The molecule has 0 aromatic heterocycles. The molecule has 0 N–H and O–H groups in total. The Morgan fingerprint density at radius 3 is 1.80 bits per heavy atom. The van der Waals surface area contributed by atoms with E-state index in [0.29, 0.717) is 5.57 Å². The summed E-state index contributed by atoms with van der Waals surface area (Å²) in [6.07, 6.45) is 0. The van der Waals surface area contributed by atoms with Gasteiger partial charge in [-0.2, -0.15) is 0 Å². The zero-order chi connectivity index (χ0) is 7.89. The van der Waals surface area contributed by atoms with E-state index in [0.717, 1.165) is 5.57 Å². The number of carbonyl (C=O) groups is 2. The van der Waals surface area contributed by atoms with Crippen molar-refractivity contribution in [2.45, 2.75) is 20.8 Å². The smallest absolute Gasteiger partial charge is 0.224 e. The molecule has 1 rings (SSSR count). The molecule has 0 heterocycles. The van der Waals surface area contributed by atoms with Gasteiger partial charge in [0.1, 0.15) is 0 Å². The zero-order valence-corrected chi connectivity index (χ0v) is 6.39. The summed E-state index contributed by atoms with van der Waals surface area (Å²) in [5.74, 6) is -0.729. The first kappa shape index (κ1) is 7.19. The molecule has 54 valence electrons. The molecule has 1 atom stereocenters.